The molecule has 1 rings (SSSR count). The molecule has 0 aliphatic carbocycles. The summed E-state index contributed by atoms with van der Waals surface area (Å²) in [5, 5.41) is 11.5. The average Bonchev–Trinajstić information content (AvgIpc) is 2.33. The maximum atomic E-state index is 11.0. The number of Topliss-reactive ketones (excluding diaryl/α,β-unsaturated/α-hetero) is 1. The van der Waals surface area contributed by atoms with E-state index in [-0.39, 0.29) is 31.1 Å². The van der Waals surface area contributed by atoms with E-state index in [1.807, 2.05) is 0 Å². The van der Waals surface area contributed by atoms with Crippen LogP contribution in [0.3, 0.4) is 0 Å². The largest absolute Gasteiger partial charge is 0.396 e. The Morgan fingerprint density at radius 1 is 1.82 bits per heavy atom. The number of ether oxygens (including phenoxy) is 1. The molecule has 0 saturated carbocycles. The molecule has 1 aliphatic rings. The fourth-order valence-corrected chi connectivity index (χ4v) is 1.31. The molecule has 0 aromatic carbocycles. The molecular weight excluding hydrogens is 146 g/mol. The molecule has 2 N–H and O–H groups in total. The number of carbonyl (C=O) groups is 1. The molecule has 0 radical (unpaired) electrons. The summed E-state index contributed by atoms with van der Waals surface area (Å²) in [5.41, 5.74) is 0. The summed E-state index contributed by atoms with van der Waals surface area (Å²) < 4.78 is 5.14. The van der Waals surface area contributed by atoms with Gasteiger partial charge in [0, 0.05) is 6.61 Å². The zero-order chi connectivity index (χ0) is 8.27. The minimum absolute atomic E-state index is 0.0656. The maximum Gasteiger partial charge on any atom is 0.177 e. The lowest BCUT2D eigenvalue weighted by atomic mass is 10.1. The highest BCUT2D eigenvalue weighted by molar-refractivity contribution is 5.87. The lowest BCUT2D eigenvalue weighted by Gasteiger charge is -2.14. The van der Waals surface area contributed by atoms with E-state index in [9.17, 15) is 4.79 Å². The van der Waals surface area contributed by atoms with Gasteiger partial charge in [0.2, 0.25) is 0 Å². The second-order valence-corrected chi connectivity index (χ2v) is 2.59. The van der Waals surface area contributed by atoms with Crippen molar-refractivity contribution in [1.29, 1.82) is 0 Å². The third-order valence-electron chi connectivity index (χ3n) is 1.88. The second kappa shape index (κ2) is 3.80. The molecule has 4 nitrogen and oxygen atoms in total. The standard InChI is InChI=1S/C7H13NO3/c1-8-7-5(10)4-11-6(7)2-3-9/h6-9H,2-4H2,1H3/t6-,7?/m0/s1. The predicted molar refractivity (Wildman–Crippen MR) is 39.3 cm³/mol. The molecule has 1 heterocycles. The van der Waals surface area contributed by atoms with Crippen molar-refractivity contribution < 1.29 is 14.6 Å². The van der Waals surface area contributed by atoms with Crippen molar-refractivity contribution in [1.82, 2.24) is 5.32 Å². The zero-order valence-electron chi connectivity index (χ0n) is 6.54. The van der Waals surface area contributed by atoms with Crippen LogP contribution < -0.4 is 5.32 Å². The fourth-order valence-electron chi connectivity index (χ4n) is 1.31. The normalized spacial score (nSPS) is 31.3. The highest BCUT2D eigenvalue weighted by Gasteiger charge is 2.33. The summed E-state index contributed by atoms with van der Waals surface area (Å²) in [5.74, 6) is 0.0750. The number of hydrogen-bond acceptors (Lipinski definition) is 4. The van der Waals surface area contributed by atoms with Crippen LogP contribution in [0.1, 0.15) is 6.42 Å². The van der Waals surface area contributed by atoms with Gasteiger partial charge in [-0.3, -0.25) is 4.79 Å². The molecule has 0 aromatic heterocycles. The van der Waals surface area contributed by atoms with Crippen molar-refractivity contribution in [3.8, 4) is 0 Å². The second-order valence-electron chi connectivity index (χ2n) is 2.59. The average molecular weight is 159 g/mol. The molecule has 11 heavy (non-hydrogen) atoms. The Labute approximate surface area is 65.5 Å². The van der Waals surface area contributed by atoms with Crippen LogP contribution in [0.5, 0.6) is 0 Å². The number of carbonyl (C=O) groups excluding carboxylic acids is 1. The lowest BCUT2D eigenvalue weighted by molar-refractivity contribution is -0.119. The van der Waals surface area contributed by atoms with Crippen molar-refractivity contribution >= 4 is 5.78 Å². The minimum atomic E-state index is -0.220. The number of rotatable bonds is 3. The summed E-state index contributed by atoms with van der Waals surface area (Å²) in [4.78, 5) is 11.0. The van der Waals surface area contributed by atoms with Crippen LogP contribution in [-0.4, -0.2) is 43.3 Å². The number of nitrogens with one attached hydrogen (secondary N) is 1. The maximum absolute atomic E-state index is 11.0. The topological polar surface area (TPSA) is 58.6 Å². The van der Waals surface area contributed by atoms with E-state index in [1.54, 1.807) is 7.05 Å². The van der Waals surface area contributed by atoms with Crippen molar-refractivity contribution in [2.75, 3.05) is 20.3 Å². The Kier molecular flexibility index (Phi) is 2.99. The smallest absolute Gasteiger partial charge is 0.177 e. The first kappa shape index (κ1) is 8.64. The number of ketones is 1. The number of aliphatic hydroxyl groups is 1. The molecule has 64 valence electrons. The van der Waals surface area contributed by atoms with E-state index in [2.05, 4.69) is 5.32 Å². The summed E-state index contributed by atoms with van der Waals surface area (Å²) in [6.07, 6.45) is 0.384. The molecule has 1 unspecified atom stereocenters. The van der Waals surface area contributed by atoms with E-state index < -0.39 is 0 Å². The van der Waals surface area contributed by atoms with Gasteiger partial charge in [-0.25, -0.2) is 0 Å². The predicted octanol–water partition coefficient (Wildman–Crippen LogP) is -1.08. The highest BCUT2D eigenvalue weighted by atomic mass is 16.5. The molecule has 1 saturated heterocycles. The van der Waals surface area contributed by atoms with Crippen LogP contribution in [-0.2, 0) is 9.53 Å². The van der Waals surface area contributed by atoms with Crippen LogP contribution in [0.2, 0.25) is 0 Å². The van der Waals surface area contributed by atoms with Crippen molar-refractivity contribution in [2.45, 2.75) is 18.6 Å². The van der Waals surface area contributed by atoms with Gasteiger partial charge in [0.25, 0.3) is 0 Å². The lowest BCUT2D eigenvalue weighted by Crippen LogP contribution is -2.39. The van der Waals surface area contributed by atoms with Gasteiger partial charge in [0.05, 0.1) is 12.1 Å². The third kappa shape index (κ3) is 1.77. The van der Waals surface area contributed by atoms with Crippen molar-refractivity contribution in [3.63, 3.8) is 0 Å². The van der Waals surface area contributed by atoms with Crippen LogP contribution in [0.15, 0.2) is 0 Å². The van der Waals surface area contributed by atoms with E-state index in [4.69, 9.17) is 9.84 Å². The Balaban J connectivity index is 2.47. The van der Waals surface area contributed by atoms with E-state index in [1.165, 1.54) is 0 Å². The Morgan fingerprint density at radius 3 is 3.09 bits per heavy atom. The number of likely N-dealkylation sites (N-methyl/N-ethyl adjacent to an activating group) is 1. The monoisotopic (exact) mass is 159 g/mol. The van der Waals surface area contributed by atoms with Crippen LogP contribution in [0.25, 0.3) is 0 Å². The van der Waals surface area contributed by atoms with Gasteiger partial charge >= 0.3 is 0 Å². The quantitative estimate of drug-likeness (QED) is 0.550. The van der Waals surface area contributed by atoms with Crippen LogP contribution in [0.4, 0.5) is 0 Å². The van der Waals surface area contributed by atoms with Gasteiger partial charge in [-0.15, -0.1) is 0 Å². The highest BCUT2D eigenvalue weighted by Crippen LogP contribution is 2.12. The first-order valence-electron chi connectivity index (χ1n) is 3.72. The Bertz CT molecular complexity index is 149. The molecule has 0 spiro atoms. The summed E-state index contributed by atoms with van der Waals surface area (Å²) in [6, 6.07) is -0.220. The zero-order valence-corrected chi connectivity index (χ0v) is 6.54. The van der Waals surface area contributed by atoms with Gasteiger partial charge in [0.15, 0.2) is 5.78 Å². The van der Waals surface area contributed by atoms with Crippen molar-refractivity contribution in [2.24, 2.45) is 0 Å². The summed E-state index contributed by atoms with van der Waals surface area (Å²) in [7, 11) is 1.72. The summed E-state index contributed by atoms with van der Waals surface area (Å²) >= 11 is 0. The molecule has 0 aromatic rings. The van der Waals surface area contributed by atoms with E-state index in [0.29, 0.717) is 6.42 Å². The fraction of sp³-hybridized carbons (Fsp3) is 0.857. The number of hydrogen-bond donors (Lipinski definition) is 2. The molecule has 2 atom stereocenters. The Morgan fingerprint density at radius 2 is 2.55 bits per heavy atom. The number of aliphatic hydroxyl groups excluding tert-OH is 1. The van der Waals surface area contributed by atoms with Crippen LogP contribution in [0, 0.1) is 0 Å². The van der Waals surface area contributed by atoms with Gasteiger partial charge in [-0.1, -0.05) is 0 Å². The molecule has 1 aliphatic heterocycles. The first-order chi connectivity index (χ1) is 5.29. The first-order valence-corrected chi connectivity index (χ1v) is 3.72. The molecule has 4 heteroatoms. The Hall–Kier alpha value is -0.450. The minimum Gasteiger partial charge on any atom is -0.396 e. The van der Waals surface area contributed by atoms with Crippen LogP contribution >= 0.6 is 0 Å². The molecule has 0 bridgehead atoms. The van der Waals surface area contributed by atoms with Gasteiger partial charge in [-0.05, 0) is 13.5 Å². The molecular formula is C7H13NO3. The van der Waals surface area contributed by atoms with Gasteiger partial charge in [0.1, 0.15) is 6.61 Å². The van der Waals surface area contributed by atoms with E-state index in [0.717, 1.165) is 0 Å². The molecule has 1 fully saturated rings. The summed E-state index contributed by atoms with van der Waals surface area (Å²) in [6.45, 7) is 0.242. The van der Waals surface area contributed by atoms with E-state index >= 15 is 0 Å². The van der Waals surface area contributed by atoms with Gasteiger partial charge in [-0.2, -0.15) is 0 Å². The SMILES string of the molecule is CNC1C(=O)CO[C@H]1CCO. The molecule has 0 amide bonds. The van der Waals surface area contributed by atoms with Crippen molar-refractivity contribution in [3.05, 3.63) is 0 Å². The van der Waals surface area contributed by atoms with Gasteiger partial charge < -0.3 is 15.2 Å². The third-order valence-corrected chi connectivity index (χ3v) is 1.88.